The van der Waals surface area contributed by atoms with Crippen molar-refractivity contribution in [3.8, 4) is 11.5 Å². The first-order chi connectivity index (χ1) is 11.1. The topological polar surface area (TPSA) is 60.8 Å². The highest BCUT2D eigenvalue weighted by Gasteiger charge is 2.18. The first kappa shape index (κ1) is 15.6. The Labute approximate surface area is 137 Å². The van der Waals surface area contributed by atoms with E-state index in [0.29, 0.717) is 18.8 Å². The van der Waals surface area contributed by atoms with Crippen LogP contribution in [0.1, 0.15) is 18.2 Å². The summed E-state index contributed by atoms with van der Waals surface area (Å²) in [7, 11) is 0. The molecular formula is C16H18N2O4S. The van der Waals surface area contributed by atoms with Crippen LogP contribution in [0.2, 0.25) is 0 Å². The average molecular weight is 334 g/mol. The lowest BCUT2D eigenvalue weighted by molar-refractivity contribution is -0.132. The van der Waals surface area contributed by atoms with Gasteiger partial charge in [0, 0.05) is 24.2 Å². The Morgan fingerprint density at radius 3 is 2.83 bits per heavy atom. The maximum Gasteiger partial charge on any atom is 0.307 e. The minimum Gasteiger partial charge on any atom is -0.454 e. The molecule has 0 saturated carbocycles. The number of hydrogen-bond acceptors (Lipinski definition) is 5. The second-order valence-electron chi connectivity index (χ2n) is 5.32. The normalized spacial score (nSPS) is 12.4. The van der Waals surface area contributed by atoms with Crippen LogP contribution in [0, 0.1) is 6.92 Å². The van der Waals surface area contributed by atoms with Gasteiger partial charge in [-0.1, -0.05) is 17.4 Å². The largest absolute Gasteiger partial charge is 0.454 e. The van der Waals surface area contributed by atoms with Crippen LogP contribution in [0.3, 0.4) is 0 Å². The van der Waals surface area contributed by atoms with E-state index in [1.807, 2.05) is 32.0 Å². The molecule has 122 valence electrons. The summed E-state index contributed by atoms with van der Waals surface area (Å²) in [5, 5.41) is 1.77. The molecule has 1 amide bonds. The Morgan fingerprint density at radius 2 is 2.13 bits per heavy atom. The fraction of sp³-hybridized carbons (Fsp3) is 0.375. The summed E-state index contributed by atoms with van der Waals surface area (Å²) >= 11 is 1.12. The Morgan fingerprint density at radius 1 is 1.35 bits per heavy atom. The molecule has 0 atom stereocenters. The molecule has 0 N–H and O–H groups in total. The third-order valence-electron chi connectivity index (χ3n) is 3.81. The third-order valence-corrected chi connectivity index (χ3v) is 4.70. The second kappa shape index (κ2) is 6.45. The zero-order chi connectivity index (χ0) is 16.4. The predicted octanol–water partition coefficient (Wildman–Crippen LogP) is 2.00. The van der Waals surface area contributed by atoms with Gasteiger partial charge in [0.15, 0.2) is 11.5 Å². The Kier molecular flexibility index (Phi) is 4.38. The van der Waals surface area contributed by atoms with Crippen LogP contribution in [-0.4, -0.2) is 28.7 Å². The summed E-state index contributed by atoms with van der Waals surface area (Å²) in [5.74, 6) is 1.35. The van der Waals surface area contributed by atoms with Crippen molar-refractivity contribution >= 4 is 17.2 Å². The van der Waals surface area contributed by atoms with E-state index < -0.39 is 0 Å². The number of aryl methyl sites for hydroxylation is 1. The van der Waals surface area contributed by atoms with Gasteiger partial charge in [0.25, 0.3) is 0 Å². The maximum atomic E-state index is 12.5. The summed E-state index contributed by atoms with van der Waals surface area (Å²) in [4.78, 5) is 25.9. The fourth-order valence-corrected chi connectivity index (χ4v) is 3.20. The van der Waals surface area contributed by atoms with Crippen molar-refractivity contribution in [2.24, 2.45) is 0 Å². The van der Waals surface area contributed by atoms with Crippen molar-refractivity contribution in [3.05, 3.63) is 44.5 Å². The van der Waals surface area contributed by atoms with E-state index in [0.717, 1.165) is 28.3 Å². The van der Waals surface area contributed by atoms with E-state index >= 15 is 0 Å². The number of thiazole rings is 1. The first-order valence-corrected chi connectivity index (χ1v) is 8.27. The van der Waals surface area contributed by atoms with Crippen molar-refractivity contribution in [1.29, 1.82) is 0 Å². The van der Waals surface area contributed by atoms with E-state index in [-0.39, 0.29) is 24.1 Å². The van der Waals surface area contributed by atoms with E-state index in [9.17, 15) is 9.59 Å². The molecule has 23 heavy (non-hydrogen) atoms. The third kappa shape index (κ3) is 3.24. The zero-order valence-electron chi connectivity index (χ0n) is 13.1. The molecule has 2 heterocycles. The lowest BCUT2D eigenvalue weighted by Gasteiger charge is -2.21. The smallest absolute Gasteiger partial charge is 0.307 e. The molecule has 1 aliphatic rings. The Balaban J connectivity index is 1.72. The lowest BCUT2D eigenvalue weighted by Crippen LogP contribution is -2.35. The van der Waals surface area contributed by atoms with Gasteiger partial charge in [-0.25, -0.2) is 0 Å². The molecule has 0 unspecified atom stereocenters. The summed E-state index contributed by atoms with van der Waals surface area (Å²) in [5.41, 5.74) is 1.78. The van der Waals surface area contributed by atoms with Gasteiger partial charge in [0.1, 0.15) is 6.54 Å². The number of aromatic nitrogens is 1. The molecule has 0 radical (unpaired) electrons. The number of hydrogen-bond donors (Lipinski definition) is 0. The minimum absolute atomic E-state index is 0.0752. The van der Waals surface area contributed by atoms with E-state index in [1.165, 1.54) is 4.57 Å². The van der Waals surface area contributed by atoms with Gasteiger partial charge in [-0.05, 0) is 31.5 Å². The number of benzene rings is 1. The molecule has 0 spiro atoms. The van der Waals surface area contributed by atoms with Crippen LogP contribution < -0.4 is 14.3 Å². The van der Waals surface area contributed by atoms with Crippen LogP contribution in [0.4, 0.5) is 0 Å². The van der Waals surface area contributed by atoms with Gasteiger partial charge in [-0.15, -0.1) is 0 Å². The monoisotopic (exact) mass is 334 g/mol. The maximum absolute atomic E-state index is 12.5. The van der Waals surface area contributed by atoms with Crippen LogP contribution in [-0.2, 0) is 17.9 Å². The molecule has 1 aliphatic heterocycles. The van der Waals surface area contributed by atoms with Crippen molar-refractivity contribution in [3.63, 3.8) is 0 Å². The quantitative estimate of drug-likeness (QED) is 0.839. The summed E-state index contributed by atoms with van der Waals surface area (Å²) in [6.07, 6.45) is 0. The Hall–Kier alpha value is -2.28. The van der Waals surface area contributed by atoms with E-state index in [2.05, 4.69) is 0 Å². The lowest BCUT2D eigenvalue weighted by atomic mass is 10.2. The average Bonchev–Trinajstić information content (AvgIpc) is 3.13. The molecule has 6 nitrogen and oxygen atoms in total. The van der Waals surface area contributed by atoms with E-state index in [4.69, 9.17) is 9.47 Å². The summed E-state index contributed by atoms with van der Waals surface area (Å²) in [6, 6.07) is 5.66. The van der Waals surface area contributed by atoms with Crippen molar-refractivity contribution < 1.29 is 14.3 Å². The number of rotatable bonds is 5. The van der Waals surface area contributed by atoms with Crippen LogP contribution in [0.5, 0.6) is 11.5 Å². The van der Waals surface area contributed by atoms with Gasteiger partial charge in [-0.2, -0.15) is 0 Å². The van der Waals surface area contributed by atoms with Crippen LogP contribution in [0.25, 0.3) is 0 Å². The van der Waals surface area contributed by atoms with Crippen molar-refractivity contribution in [1.82, 2.24) is 9.47 Å². The number of carbonyl (C=O) groups is 1. The minimum atomic E-state index is -0.102. The number of carbonyl (C=O) groups excluding carboxylic acids is 1. The van der Waals surface area contributed by atoms with Gasteiger partial charge < -0.3 is 14.4 Å². The van der Waals surface area contributed by atoms with Crippen molar-refractivity contribution in [2.45, 2.75) is 26.9 Å². The number of likely N-dealkylation sites (N-methyl/N-ethyl adjacent to an activating group) is 1. The van der Waals surface area contributed by atoms with Crippen LogP contribution in [0.15, 0.2) is 28.4 Å². The Bertz CT molecular complexity index is 781. The van der Waals surface area contributed by atoms with Crippen LogP contribution >= 0.6 is 11.3 Å². The SMILES string of the molecule is CCN(Cc1ccc2c(c1)OCO2)C(=O)Cn1c(C)csc1=O. The van der Waals surface area contributed by atoms with Gasteiger partial charge in [-0.3, -0.25) is 14.2 Å². The first-order valence-electron chi connectivity index (χ1n) is 7.39. The van der Waals surface area contributed by atoms with E-state index in [1.54, 1.807) is 10.3 Å². The second-order valence-corrected chi connectivity index (χ2v) is 6.15. The van der Waals surface area contributed by atoms with Crippen molar-refractivity contribution in [2.75, 3.05) is 13.3 Å². The highest BCUT2D eigenvalue weighted by Crippen LogP contribution is 2.32. The molecule has 0 fully saturated rings. The summed E-state index contributed by atoms with van der Waals surface area (Å²) < 4.78 is 12.2. The molecule has 7 heteroatoms. The predicted molar refractivity (Wildman–Crippen MR) is 87.0 cm³/mol. The molecule has 0 bridgehead atoms. The molecule has 1 aromatic carbocycles. The number of amides is 1. The zero-order valence-corrected chi connectivity index (χ0v) is 13.9. The van der Waals surface area contributed by atoms with Gasteiger partial charge >= 0.3 is 4.87 Å². The molecule has 0 aliphatic carbocycles. The molecule has 1 aromatic heterocycles. The highest BCUT2D eigenvalue weighted by atomic mass is 32.1. The van der Waals surface area contributed by atoms with Gasteiger partial charge in [0.05, 0.1) is 0 Å². The molecular weight excluding hydrogens is 316 g/mol. The summed E-state index contributed by atoms with van der Waals surface area (Å²) in [6.45, 7) is 5.12. The fourth-order valence-electron chi connectivity index (χ4n) is 2.47. The highest BCUT2D eigenvalue weighted by molar-refractivity contribution is 7.07. The van der Waals surface area contributed by atoms with Gasteiger partial charge in [0.2, 0.25) is 12.7 Å². The number of nitrogens with zero attached hydrogens (tertiary/aromatic N) is 2. The molecule has 2 aromatic rings. The number of ether oxygens (including phenoxy) is 2. The standard InChI is InChI=1S/C16H18N2O4S/c1-3-17(15(19)8-18-11(2)9-23-16(18)20)7-12-4-5-13-14(6-12)22-10-21-13/h4-6,9H,3,7-8,10H2,1-2H3. The molecule has 0 saturated heterocycles. The number of fused-ring (bicyclic) bond motifs is 1. The molecule has 3 rings (SSSR count).